The Morgan fingerprint density at radius 2 is 2.06 bits per heavy atom. The van der Waals surface area contributed by atoms with Crippen LogP contribution >= 0.6 is 22.9 Å². The van der Waals surface area contributed by atoms with E-state index in [0.29, 0.717) is 20.9 Å². The molecule has 0 bridgehead atoms. The van der Waals surface area contributed by atoms with Crippen LogP contribution in [0, 0.1) is 5.92 Å². The van der Waals surface area contributed by atoms with Crippen LogP contribution in [0.3, 0.4) is 0 Å². The summed E-state index contributed by atoms with van der Waals surface area (Å²) < 4.78 is 28.3. The number of carbonyl (C=O) groups excluding carboxylic acids is 1. The zero-order chi connectivity index (χ0) is 22.2. The van der Waals surface area contributed by atoms with E-state index < -0.39 is 17.8 Å². The van der Waals surface area contributed by atoms with Gasteiger partial charge in [0.25, 0.3) is 0 Å². The lowest BCUT2D eigenvalue weighted by Gasteiger charge is -2.23. The maximum absolute atomic E-state index is 13.9. The van der Waals surface area contributed by atoms with E-state index in [1.54, 1.807) is 24.3 Å². The number of benzene rings is 1. The van der Waals surface area contributed by atoms with Crippen LogP contribution in [-0.2, 0) is 4.79 Å². The zero-order valence-corrected chi connectivity index (χ0v) is 18.5. The molecule has 11 heteroatoms. The SMILES string of the molecule is CC(C)n1nnc(-c2ccc(C(C(=O)Nc3ncc(Cl)s3)C3CCC(F)(F)C3)cc2)n1. The van der Waals surface area contributed by atoms with Crippen molar-refractivity contribution in [2.45, 2.75) is 51.0 Å². The van der Waals surface area contributed by atoms with Crippen LogP contribution in [0.4, 0.5) is 13.9 Å². The number of amides is 1. The number of nitrogens with zero attached hydrogens (tertiary/aromatic N) is 5. The number of alkyl halides is 2. The second-order valence-corrected chi connectivity index (χ2v) is 9.61. The summed E-state index contributed by atoms with van der Waals surface area (Å²) in [4.78, 5) is 18.6. The maximum Gasteiger partial charge on any atom is 0.248 e. The van der Waals surface area contributed by atoms with E-state index in [1.165, 1.54) is 11.0 Å². The average molecular weight is 467 g/mol. The summed E-state index contributed by atoms with van der Waals surface area (Å²) in [7, 11) is 0. The van der Waals surface area contributed by atoms with E-state index in [9.17, 15) is 13.6 Å². The zero-order valence-electron chi connectivity index (χ0n) is 16.9. The highest BCUT2D eigenvalue weighted by atomic mass is 35.5. The van der Waals surface area contributed by atoms with Crippen LogP contribution in [0.5, 0.6) is 0 Å². The Labute approximate surface area is 186 Å². The summed E-state index contributed by atoms with van der Waals surface area (Å²) in [5.74, 6) is -3.87. The largest absolute Gasteiger partial charge is 0.301 e. The van der Waals surface area contributed by atoms with Gasteiger partial charge in [-0.3, -0.25) is 4.79 Å². The number of anilines is 1. The van der Waals surface area contributed by atoms with Gasteiger partial charge in [0.15, 0.2) is 5.13 Å². The number of rotatable bonds is 6. The van der Waals surface area contributed by atoms with Gasteiger partial charge in [0.1, 0.15) is 4.34 Å². The molecule has 1 aliphatic rings. The van der Waals surface area contributed by atoms with Crippen molar-refractivity contribution in [3.8, 4) is 11.4 Å². The van der Waals surface area contributed by atoms with E-state index in [4.69, 9.17) is 11.6 Å². The molecule has 0 radical (unpaired) electrons. The van der Waals surface area contributed by atoms with Gasteiger partial charge in [-0.25, -0.2) is 13.8 Å². The molecule has 0 spiro atoms. The van der Waals surface area contributed by atoms with Crippen LogP contribution in [-0.4, -0.2) is 37.0 Å². The monoisotopic (exact) mass is 466 g/mol. The third-order valence-corrected chi connectivity index (χ3v) is 6.35. The maximum atomic E-state index is 13.9. The molecule has 0 saturated heterocycles. The molecule has 1 N–H and O–H groups in total. The summed E-state index contributed by atoms with van der Waals surface area (Å²) in [6, 6.07) is 7.17. The lowest BCUT2D eigenvalue weighted by atomic mass is 9.83. The quantitative estimate of drug-likeness (QED) is 0.540. The van der Waals surface area contributed by atoms with Gasteiger partial charge in [0.05, 0.1) is 18.2 Å². The van der Waals surface area contributed by atoms with E-state index in [0.717, 1.165) is 16.9 Å². The molecule has 2 aromatic heterocycles. The predicted molar refractivity (Wildman–Crippen MR) is 114 cm³/mol. The number of thiazole rings is 1. The molecule has 1 aliphatic carbocycles. The first-order valence-corrected chi connectivity index (χ1v) is 11.1. The Morgan fingerprint density at radius 3 is 2.61 bits per heavy atom. The lowest BCUT2D eigenvalue weighted by molar-refractivity contribution is -0.118. The standard InChI is InChI=1S/C20H21ClF2N6OS/c1-11(2)29-27-17(26-28-29)13-5-3-12(4-6-13)16(14-7-8-20(22,23)9-14)18(30)25-19-24-10-15(21)31-19/h3-6,10-11,14,16H,7-9H2,1-2H3,(H,24,25,30). The van der Waals surface area contributed by atoms with Gasteiger partial charge in [-0.1, -0.05) is 47.2 Å². The van der Waals surface area contributed by atoms with Crippen LogP contribution < -0.4 is 5.32 Å². The van der Waals surface area contributed by atoms with Gasteiger partial charge in [-0.15, -0.1) is 10.2 Å². The number of hydrogen-bond acceptors (Lipinski definition) is 6. The predicted octanol–water partition coefficient (Wildman–Crippen LogP) is 5.19. The summed E-state index contributed by atoms with van der Waals surface area (Å²) in [6.07, 6.45) is 1.17. The number of nitrogens with one attached hydrogen (secondary N) is 1. The molecular formula is C20H21ClF2N6OS. The molecule has 3 aromatic rings. The number of halogens is 3. The summed E-state index contributed by atoms with van der Waals surface area (Å²) >= 11 is 7.01. The lowest BCUT2D eigenvalue weighted by Crippen LogP contribution is -2.27. The minimum absolute atomic E-state index is 0.0806. The highest BCUT2D eigenvalue weighted by Gasteiger charge is 2.45. The number of carbonyl (C=O) groups is 1. The summed E-state index contributed by atoms with van der Waals surface area (Å²) in [5.41, 5.74) is 1.39. The Kier molecular flexibility index (Phi) is 6.02. The van der Waals surface area contributed by atoms with Crippen LogP contribution in [0.15, 0.2) is 30.5 Å². The molecule has 2 heterocycles. The molecule has 4 rings (SSSR count). The number of tetrazole rings is 1. The number of hydrogen-bond donors (Lipinski definition) is 1. The molecule has 164 valence electrons. The van der Waals surface area contributed by atoms with Crippen LogP contribution in [0.1, 0.15) is 50.6 Å². The van der Waals surface area contributed by atoms with Crippen LogP contribution in [0.2, 0.25) is 4.34 Å². The fourth-order valence-corrected chi connectivity index (χ4v) is 4.62. The van der Waals surface area contributed by atoms with Gasteiger partial charge in [-0.05, 0) is 37.0 Å². The van der Waals surface area contributed by atoms with E-state index >= 15 is 0 Å². The van der Waals surface area contributed by atoms with Crippen molar-refractivity contribution in [2.24, 2.45) is 5.92 Å². The van der Waals surface area contributed by atoms with Gasteiger partial charge >= 0.3 is 0 Å². The normalized spacial score (nSPS) is 19.0. The fourth-order valence-electron chi connectivity index (χ4n) is 3.80. The van der Waals surface area contributed by atoms with Crippen molar-refractivity contribution in [3.05, 3.63) is 40.4 Å². The Bertz CT molecular complexity index is 1070. The van der Waals surface area contributed by atoms with Crippen molar-refractivity contribution < 1.29 is 13.6 Å². The molecule has 2 unspecified atom stereocenters. The van der Waals surface area contributed by atoms with Gasteiger partial charge in [0, 0.05) is 18.4 Å². The second kappa shape index (κ2) is 8.58. The molecule has 1 amide bonds. The van der Waals surface area contributed by atoms with Crippen molar-refractivity contribution in [3.63, 3.8) is 0 Å². The van der Waals surface area contributed by atoms with Gasteiger partial charge in [0.2, 0.25) is 17.7 Å². The van der Waals surface area contributed by atoms with E-state index in [1.807, 2.05) is 13.8 Å². The molecule has 2 atom stereocenters. The fraction of sp³-hybridized carbons (Fsp3) is 0.450. The van der Waals surface area contributed by atoms with Crippen molar-refractivity contribution >= 4 is 34.0 Å². The highest BCUT2D eigenvalue weighted by molar-refractivity contribution is 7.19. The summed E-state index contributed by atoms with van der Waals surface area (Å²) in [5, 5.41) is 15.5. The first kappa shape index (κ1) is 21.8. The van der Waals surface area contributed by atoms with E-state index in [-0.39, 0.29) is 31.2 Å². The topological polar surface area (TPSA) is 85.6 Å². The molecule has 7 nitrogen and oxygen atoms in total. The smallest absolute Gasteiger partial charge is 0.248 e. The van der Waals surface area contributed by atoms with Crippen molar-refractivity contribution in [1.82, 2.24) is 25.2 Å². The molecule has 1 saturated carbocycles. The van der Waals surface area contributed by atoms with Gasteiger partial charge in [-0.2, -0.15) is 4.80 Å². The minimum atomic E-state index is -2.76. The third kappa shape index (κ3) is 4.90. The Hall–Kier alpha value is -2.46. The molecule has 1 fully saturated rings. The van der Waals surface area contributed by atoms with Gasteiger partial charge < -0.3 is 5.32 Å². The molecule has 31 heavy (non-hydrogen) atoms. The van der Waals surface area contributed by atoms with Crippen LogP contribution in [0.25, 0.3) is 11.4 Å². The minimum Gasteiger partial charge on any atom is -0.301 e. The molecule has 1 aromatic carbocycles. The third-order valence-electron chi connectivity index (χ3n) is 5.32. The first-order valence-electron chi connectivity index (χ1n) is 9.92. The highest BCUT2D eigenvalue weighted by Crippen LogP contribution is 2.46. The van der Waals surface area contributed by atoms with E-state index in [2.05, 4.69) is 25.7 Å². The Morgan fingerprint density at radius 1 is 1.32 bits per heavy atom. The van der Waals surface area contributed by atoms with Crippen molar-refractivity contribution in [1.29, 1.82) is 0 Å². The average Bonchev–Trinajstić information content (AvgIpc) is 3.43. The first-order chi connectivity index (χ1) is 14.7. The second-order valence-electron chi connectivity index (χ2n) is 7.94. The Balaban J connectivity index is 1.60. The molecular weight excluding hydrogens is 446 g/mol. The molecule has 0 aliphatic heterocycles. The number of aromatic nitrogens is 5. The van der Waals surface area contributed by atoms with Crippen molar-refractivity contribution in [2.75, 3.05) is 5.32 Å². The summed E-state index contributed by atoms with van der Waals surface area (Å²) in [6.45, 7) is 3.90.